The molecule has 0 spiro atoms. The lowest BCUT2D eigenvalue weighted by Gasteiger charge is -2.06. The van der Waals surface area contributed by atoms with E-state index >= 15 is 0 Å². The average molecular weight is 338 g/mol. The van der Waals surface area contributed by atoms with E-state index in [0.29, 0.717) is 22.1 Å². The van der Waals surface area contributed by atoms with E-state index in [4.69, 9.17) is 9.15 Å². The molecule has 0 saturated heterocycles. The number of halogens is 1. The molecule has 0 saturated carbocycles. The summed E-state index contributed by atoms with van der Waals surface area (Å²) < 4.78 is 23.4. The van der Waals surface area contributed by atoms with Crippen LogP contribution < -0.4 is 5.63 Å². The average Bonchev–Trinajstić information content (AvgIpc) is 2.57. The molecule has 0 aliphatic carbocycles. The van der Waals surface area contributed by atoms with E-state index in [9.17, 15) is 14.0 Å². The first-order valence-corrected chi connectivity index (χ1v) is 7.65. The van der Waals surface area contributed by atoms with Gasteiger partial charge in [-0.2, -0.15) is 0 Å². The third-order valence-corrected chi connectivity index (χ3v) is 3.62. The second kappa shape index (κ2) is 7.13. The van der Waals surface area contributed by atoms with Gasteiger partial charge in [-0.25, -0.2) is 14.0 Å². The number of benzene rings is 2. The standard InChI is InChI=1S/C20H15FO4/c1-13-5-7-17-15(11-20(23)25-18(17)9-13)12-24-19(22)8-6-14-3-2-4-16(21)10-14/h2-11H,12H2,1H3. The van der Waals surface area contributed by atoms with Crippen LogP contribution in [0.15, 0.2) is 63.8 Å². The number of carbonyl (C=O) groups excluding carboxylic acids is 1. The van der Waals surface area contributed by atoms with Gasteiger partial charge in [0.05, 0.1) is 0 Å². The second-order valence-corrected chi connectivity index (χ2v) is 5.59. The normalized spacial score (nSPS) is 11.1. The summed E-state index contributed by atoms with van der Waals surface area (Å²) in [6.07, 6.45) is 2.68. The first kappa shape index (κ1) is 16.6. The predicted molar refractivity (Wildman–Crippen MR) is 92.5 cm³/mol. The van der Waals surface area contributed by atoms with Gasteiger partial charge in [0.2, 0.25) is 0 Å². The summed E-state index contributed by atoms with van der Waals surface area (Å²) in [5.74, 6) is -0.967. The molecule has 25 heavy (non-hydrogen) atoms. The van der Waals surface area contributed by atoms with Crippen molar-refractivity contribution in [3.8, 4) is 0 Å². The van der Waals surface area contributed by atoms with E-state index in [-0.39, 0.29) is 12.4 Å². The van der Waals surface area contributed by atoms with Crippen LogP contribution in [0, 0.1) is 12.7 Å². The van der Waals surface area contributed by atoms with Gasteiger partial charge in [-0.15, -0.1) is 0 Å². The van der Waals surface area contributed by atoms with Gasteiger partial charge in [0.1, 0.15) is 18.0 Å². The molecule has 0 atom stereocenters. The van der Waals surface area contributed by atoms with Gasteiger partial charge in [0.15, 0.2) is 0 Å². The van der Waals surface area contributed by atoms with Crippen LogP contribution in [0.1, 0.15) is 16.7 Å². The van der Waals surface area contributed by atoms with Crippen molar-refractivity contribution in [1.82, 2.24) is 0 Å². The molecule has 0 N–H and O–H groups in total. The zero-order valence-corrected chi connectivity index (χ0v) is 13.5. The smallest absolute Gasteiger partial charge is 0.336 e. The van der Waals surface area contributed by atoms with Crippen LogP contribution in [0.2, 0.25) is 0 Å². The first-order valence-electron chi connectivity index (χ1n) is 7.65. The molecule has 0 fully saturated rings. The van der Waals surface area contributed by atoms with Crippen LogP contribution >= 0.6 is 0 Å². The molecule has 0 amide bonds. The molecule has 126 valence electrons. The molecule has 0 aliphatic heterocycles. The maximum absolute atomic E-state index is 13.1. The summed E-state index contributed by atoms with van der Waals surface area (Å²) in [6.45, 7) is 1.83. The lowest BCUT2D eigenvalue weighted by Crippen LogP contribution is -2.05. The summed E-state index contributed by atoms with van der Waals surface area (Å²) in [5, 5.41) is 0.715. The van der Waals surface area contributed by atoms with Crippen molar-refractivity contribution in [2.45, 2.75) is 13.5 Å². The van der Waals surface area contributed by atoms with E-state index in [1.165, 1.54) is 30.4 Å². The lowest BCUT2D eigenvalue weighted by atomic mass is 10.1. The third-order valence-electron chi connectivity index (χ3n) is 3.62. The van der Waals surface area contributed by atoms with E-state index in [2.05, 4.69) is 0 Å². The van der Waals surface area contributed by atoms with Crippen LogP contribution in [0.4, 0.5) is 4.39 Å². The molecule has 5 heteroatoms. The van der Waals surface area contributed by atoms with Crippen LogP contribution in [0.3, 0.4) is 0 Å². The third kappa shape index (κ3) is 4.20. The Morgan fingerprint density at radius 3 is 2.84 bits per heavy atom. The minimum absolute atomic E-state index is 0.0581. The van der Waals surface area contributed by atoms with Gasteiger partial charge in [-0.05, 0) is 42.3 Å². The molecule has 2 aromatic carbocycles. The Bertz CT molecular complexity index is 1020. The number of carbonyl (C=O) groups is 1. The van der Waals surface area contributed by atoms with Gasteiger partial charge < -0.3 is 9.15 Å². The number of fused-ring (bicyclic) bond motifs is 1. The lowest BCUT2D eigenvalue weighted by molar-refractivity contribution is -0.138. The maximum atomic E-state index is 13.1. The number of aryl methyl sites for hydroxylation is 1. The van der Waals surface area contributed by atoms with Gasteiger partial charge in [0, 0.05) is 23.1 Å². The monoisotopic (exact) mass is 338 g/mol. The number of hydrogen-bond acceptors (Lipinski definition) is 4. The molecule has 4 nitrogen and oxygen atoms in total. The highest BCUT2D eigenvalue weighted by Crippen LogP contribution is 2.19. The highest BCUT2D eigenvalue weighted by atomic mass is 19.1. The fourth-order valence-electron chi connectivity index (χ4n) is 2.43. The maximum Gasteiger partial charge on any atom is 0.336 e. The Balaban J connectivity index is 1.74. The molecule has 1 aromatic heterocycles. The van der Waals surface area contributed by atoms with Crippen molar-refractivity contribution < 1.29 is 18.3 Å². The predicted octanol–water partition coefficient (Wildman–Crippen LogP) is 4.00. The minimum atomic E-state index is -0.585. The van der Waals surface area contributed by atoms with E-state index in [1.807, 2.05) is 19.1 Å². The van der Waals surface area contributed by atoms with Crippen LogP contribution in [0.5, 0.6) is 0 Å². The van der Waals surface area contributed by atoms with E-state index in [1.54, 1.807) is 18.2 Å². The van der Waals surface area contributed by atoms with Crippen molar-refractivity contribution in [3.05, 3.63) is 87.5 Å². The van der Waals surface area contributed by atoms with Crippen molar-refractivity contribution in [1.29, 1.82) is 0 Å². The number of esters is 1. The fraction of sp³-hybridized carbons (Fsp3) is 0.100. The number of hydrogen-bond donors (Lipinski definition) is 0. The van der Waals surface area contributed by atoms with Gasteiger partial charge in [-0.3, -0.25) is 0 Å². The summed E-state index contributed by atoms with van der Waals surface area (Å²) >= 11 is 0. The Morgan fingerprint density at radius 2 is 2.04 bits per heavy atom. The summed E-state index contributed by atoms with van der Waals surface area (Å²) in [7, 11) is 0. The summed E-state index contributed by atoms with van der Waals surface area (Å²) in [5.41, 5.74) is 2.04. The SMILES string of the molecule is Cc1ccc2c(COC(=O)C=Cc3cccc(F)c3)cc(=O)oc2c1. The molecule has 3 aromatic rings. The van der Waals surface area contributed by atoms with Crippen LogP contribution in [-0.4, -0.2) is 5.97 Å². The molecule has 0 aliphatic rings. The number of ether oxygens (including phenoxy) is 1. The highest BCUT2D eigenvalue weighted by Gasteiger charge is 2.08. The minimum Gasteiger partial charge on any atom is -0.458 e. The number of rotatable bonds is 4. The quantitative estimate of drug-likeness (QED) is 0.410. The van der Waals surface area contributed by atoms with Gasteiger partial charge in [0.25, 0.3) is 0 Å². The Labute approximate surface area is 143 Å². The zero-order valence-electron chi connectivity index (χ0n) is 13.5. The molecule has 0 radical (unpaired) electrons. The van der Waals surface area contributed by atoms with Crippen molar-refractivity contribution in [3.63, 3.8) is 0 Å². The van der Waals surface area contributed by atoms with Gasteiger partial charge in [-0.1, -0.05) is 24.3 Å². The molecule has 0 unspecified atom stereocenters. The van der Waals surface area contributed by atoms with Crippen molar-refractivity contribution in [2.24, 2.45) is 0 Å². The topological polar surface area (TPSA) is 56.5 Å². The summed E-state index contributed by atoms with van der Waals surface area (Å²) in [4.78, 5) is 23.5. The Hall–Kier alpha value is -3.21. The van der Waals surface area contributed by atoms with Crippen LogP contribution in [-0.2, 0) is 16.1 Å². The van der Waals surface area contributed by atoms with Gasteiger partial charge >= 0.3 is 11.6 Å². The van der Waals surface area contributed by atoms with Crippen molar-refractivity contribution >= 4 is 23.0 Å². The van der Waals surface area contributed by atoms with E-state index < -0.39 is 11.6 Å². The first-order chi connectivity index (χ1) is 12.0. The molecule has 1 heterocycles. The van der Waals surface area contributed by atoms with Crippen LogP contribution in [0.25, 0.3) is 17.0 Å². The highest BCUT2D eigenvalue weighted by molar-refractivity contribution is 5.87. The molecule has 3 rings (SSSR count). The Morgan fingerprint density at radius 1 is 1.20 bits per heavy atom. The largest absolute Gasteiger partial charge is 0.458 e. The molecule has 0 bridgehead atoms. The van der Waals surface area contributed by atoms with E-state index in [0.717, 1.165) is 5.56 Å². The second-order valence-electron chi connectivity index (χ2n) is 5.59. The molecular formula is C20H15FO4. The Kier molecular flexibility index (Phi) is 4.75. The molecular weight excluding hydrogens is 323 g/mol. The zero-order chi connectivity index (χ0) is 17.8. The summed E-state index contributed by atoms with van der Waals surface area (Å²) in [6, 6.07) is 12.6. The van der Waals surface area contributed by atoms with Crippen molar-refractivity contribution in [2.75, 3.05) is 0 Å². The fourth-order valence-corrected chi connectivity index (χ4v) is 2.43.